The van der Waals surface area contributed by atoms with Crippen LogP contribution in [0.5, 0.6) is 0 Å². The van der Waals surface area contributed by atoms with Crippen LogP contribution in [-0.2, 0) is 0 Å². The molecule has 17 heavy (non-hydrogen) atoms. The van der Waals surface area contributed by atoms with E-state index < -0.39 is 4.92 Å². The van der Waals surface area contributed by atoms with Crippen molar-refractivity contribution in [2.75, 3.05) is 0 Å². The minimum atomic E-state index is -0.477. The summed E-state index contributed by atoms with van der Waals surface area (Å²) in [5.74, 6) is 0.699. The largest absolute Gasteiger partial charge is 0.324 e. The molecule has 1 aromatic rings. The highest BCUT2D eigenvalue weighted by atomic mass is 35.5. The maximum Gasteiger partial charge on any atom is 0.288 e. The molecule has 1 aliphatic rings. The fraction of sp³-hybridized carbons (Fsp3) is 0.455. The summed E-state index contributed by atoms with van der Waals surface area (Å²) in [6.07, 6.45) is 3.35. The lowest BCUT2D eigenvalue weighted by atomic mass is 10.0. The molecule has 1 aliphatic carbocycles. The number of rotatable bonds is 4. The monoisotopic (exact) mass is 276 g/mol. The maximum atomic E-state index is 10.7. The van der Waals surface area contributed by atoms with Crippen LogP contribution in [0.15, 0.2) is 18.2 Å². The molecule has 0 radical (unpaired) electrons. The summed E-state index contributed by atoms with van der Waals surface area (Å²) in [5.41, 5.74) is 6.72. The fourth-order valence-corrected chi connectivity index (χ4v) is 1.94. The van der Waals surface area contributed by atoms with Crippen molar-refractivity contribution < 1.29 is 4.92 Å². The molecule has 1 aromatic carbocycles. The van der Waals surface area contributed by atoms with Crippen molar-refractivity contribution in [2.45, 2.75) is 25.3 Å². The summed E-state index contributed by atoms with van der Waals surface area (Å²) in [6, 6.07) is 4.67. The van der Waals surface area contributed by atoms with Crippen LogP contribution < -0.4 is 5.73 Å². The first-order chi connectivity index (χ1) is 7.58. The predicted molar refractivity (Wildman–Crippen MR) is 69.6 cm³/mol. The standard InChI is InChI=1S/C11H13ClN2O2.ClH/c12-9-4-3-8(6-11(9)14(15)16)10(13)5-7-1-2-7;/h3-4,6-7,10H,1-2,5,13H2;1H/t10-;/m1./s1. The minimum absolute atomic E-state index is 0. The van der Waals surface area contributed by atoms with Gasteiger partial charge in [-0.25, -0.2) is 0 Å². The summed E-state index contributed by atoms with van der Waals surface area (Å²) in [7, 11) is 0. The Kier molecular flexibility index (Phi) is 4.74. The summed E-state index contributed by atoms with van der Waals surface area (Å²) in [5, 5.41) is 10.9. The Labute approximate surface area is 111 Å². The van der Waals surface area contributed by atoms with Gasteiger partial charge in [-0.15, -0.1) is 12.4 Å². The van der Waals surface area contributed by atoms with Crippen molar-refractivity contribution in [3.63, 3.8) is 0 Å². The van der Waals surface area contributed by atoms with Gasteiger partial charge in [0.05, 0.1) is 4.92 Å². The van der Waals surface area contributed by atoms with E-state index in [4.69, 9.17) is 17.3 Å². The highest BCUT2D eigenvalue weighted by molar-refractivity contribution is 6.32. The normalized spacial score (nSPS) is 16.1. The molecule has 4 nitrogen and oxygen atoms in total. The number of hydrogen-bond acceptors (Lipinski definition) is 3. The molecule has 1 fully saturated rings. The quantitative estimate of drug-likeness (QED) is 0.676. The minimum Gasteiger partial charge on any atom is -0.324 e. The van der Waals surface area contributed by atoms with Crippen LogP contribution in [0, 0.1) is 16.0 Å². The zero-order valence-electron chi connectivity index (χ0n) is 9.14. The van der Waals surface area contributed by atoms with Crippen molar-refractivity contribution in [1.82, 2.24) is 0 Å². The molecule has 1 atom stereocenters. The Morgan fingerprint density at radius 3 is 2.71 bits per heavy atom. The van der Waals surface area contributed by atoms with E-state index in [9.17, 15) is 10.1 Å². The van der Waals surface area contributed by atoms with Gasteiger partial charge in [0.25, 0.3) is 5.69 Å². The molecule has 6 heteroatoms. The van der Waals surface area contributed by atoms with Crippen molar-refractivity contribution in [3.8, 4) is 0 Å². The van der Waals surface area contributed by atoms with Crippen LogP contribution in [0.4, 0.5) is 5.69 Å². The molecule has 0 unspecified atom stereocenters. The average molecular weight is 277 g/mol. The molecular weight excluding hydrogens is 263 g/mol. The second-order valence-corrected chi connectivity index (χ2v) is 4.66. The predicted octanol–water partition coefficient (Wildman–Crippen LogP) is 3.47. The van der Waals surface area contributed by atoms with E-state index in [-0.39, 0.29) is 29.2 Å². The van der Waals surface area contributed by atoms with Gasteiger partial charge in [0.1, 0.15) is 5.02 Å². The van der Waals surface area contributed by atoms with E-state index in [0.717, 1.165) is 12.0 Å². The lowest BCUT2D eigenvalue weighted by molar-refractivity contribution is -0.384. The van der Waals surface area contributed by atoms with Crippen molar-refractivity contribution in [1.29, 1.82) is 0 Å². The van der Waals surface area contributed by atoms with Gasteiger partial charge >= 0.3 is 0 Å². The first-order valence-electron chi connectivity index (χ1n) is 5.27. The summed E-state index contributed by atoms with van der Waals surface area (Å²) in [4.78, 5) is 10.2. The number of hydrogen-bond donors (Lipinski definition) is 1. The van der Waals surface area contributed by atoms with E-state index in [1.807, 2.05) is 0 Å². The molecule has 2 N–H and O–H groups in total. The van der Waals surface area contributed by atoms with E-state index in [2.05, 4.69) is 0 Å². The number of nitrogens with zero attached hydrogens (tertiary/aromatic N) is 1. The number of benzene rings is 1. The van der Waals surface area contributed by atoms with Crippen LogP contribution in [0.1, 0.15) is 30.9 Å². The molecular formula is C11H14Cl2N2O2. The van der Waals surface area contributed by atoms with E-state index in [1.54, 1.807) is 12.1 Å². The van der Waals surface area contributed by atoms with Gasteiger partial charge < -0.3 is 5.73 Å². The third-order valence-corrected chi connectivity index (χ3v) is 3.20. The van der Waals surface area contributed by atoms with Crippen molar-refractivity contribution in [3.05, 3.63) is 38.9 Å². The highest BCUT2D eigenvalue weighted by Gasteiger charge is 2.25. The molecule has 0 aromatic heterocycles. The third-order valence-electron chi connectivity index (χ3n) is 2.88. The van der Waals surface area contributed by atoms with Gasteiger partial charge in [-0.2, -0.15) is 0 Å². The number of nitro benzene ring substituents is 1. The van der Waals surface area contributed by atoms with Gasteiger partial charge in [0.15, 0.2) is 0 Å². The molecule has 0 aliphatic heterocycles. The zero-order valence-corrected chi connectivity index (χ0v) is 10.7. The molecule has 1 saturated carbocycles. The lowest BCUT2D eigenvalue weighted by Crippen LogP contribution is -2.11. The Balaban J connectivity index is 0.00000144. The molecule has 0 heterocycles. The Bertz CT molecular complexity index is 422. The number of nitro groups is 1. The van der Waals surface area contributed by atoms with Gasteiger partial charge in [-0.3, -0.25) is 10.1 Å². The second kappa shape index (κ2) is 5.67. The van der Waals surface area contributed by atoms with Crippen molar-refractivity contribution >= 4 is 29.7 Å². The van der Waals surface area contributed by atoms with Gasteiger partial charge in [-0.05, 0) is 24.0 Å². The van der Waals surface area contributed by atoms with Gasteiger partial charge in [0, 0.05) is 12.1 Å². The first-order valence-corrected chi connectivity index (χ1v) is 5.65. The molecule has 94 valence electrons. The van der Waals surface area contributed by atoms with Crippen LogP contribution in [0.3, 0.4) is 0 Å². The summed E-state index contributed by atoms with van der Waals surface area (Å²) in [6.45, 7) is 0. The maximum absolute atomic E-state index is 10.7. The smallest absolute Gasteiger partial charge is 0.288 e. The zero-order chi connectivity index (χ0) is 11.7. The second-order valence-electron chi connectivity index (χ2n) is 4.25. The van der Waals surface area contributed by atoms with Crippen LogP contribution in [0.2, 0.25) is 5.02 Å². The summed E-state index contributed by atoms with van der Waals surface area (Å²) < 4.78 is 0. The van der Waals surface area contributed by atoms with E-state index >= 15 is 0 Å². The highest BCUT2D eigenvalue weighted by Crippen LogP contribution is 2.37. The van der Waals surface area contributed by atoms with Crippen LogP contribution in [-0.4, -0.2) is 4.92 Å². The number of nitrogens with two attached hydrogens (primary N) is 1. The summed E-state index contributed by atoms with van der Waals surface area (Å²) >= 11 is 5.73. The Morgan fingerprint density at radius 2 is 2.18 bits per heavy atom. The third kappa shape index (κ3) is 3.56. The van der Waals surface area contributed by atoms with Crippen LogP contribution in [0.25, 0.3) is 0 Å². The van der Waals surface area contributed by atoms with E-state index in [1.165, 1.54) is 18.9 Å². The Morgan fingerprint density at radius 1 is 1.53 bits per heavy atom. The molecule has 2 rings (SSSR count). The van der Waals surface area contributed by atoms with Crippen LogP contribution >= 0.6 is 24.0 Å². The Hall–Kier alpha value is -0.840. The SMILES string of the molecule is Cl.N[C@H](CC1CC1)c1ccc(Cl)c([N+](=O)[O-])c1. The van der Waals surface area contributed by atoms with Crippen molar-refractivity contribution in [2.24, 2.45) is 11.7 Å². The lowest BCUT2D eigenvalue weighted by Gasteiger charge is -2.11. The topological polar surface area (TPSA) is 69.2 Å². The molecule has 0 saturated heterocycles. The first kappa shape index (κ1) is 14.2. The van der Waals surface area contributed by atoms with Gasteiger partial charge in [-0.1, -0.05) is 30.5 Å². The number of halogens is 2. The molecule has 0 amide bonds. The van der Waals surface area contributed by atoms with E-state index in [0.29, 0.717) is 5.92 Å². The molecule has 0 bridgehead atoms. The van der Waals surface area contributed by atoms with Gasteiger partial charge in [0.2, 0.25) is 0 Å². The average Bonchev–Trinajstić information content (AvgIpc) is 3.01. The fourth-order valence-electron chi connectivity index (χ4n) is 1.75. The molecule has 0 spiro atoms.